The van der Waals surface area contributed by atoms with Gasteiger partial charge in [-0.3, -0.25) is 14.0 Å². The molecule has 0 spiro atoms. The van der Waals surface area contributed by atoms with Crippen LogP contribution in [-0.4, -0.2) is 34.5 Å². The van der Waals surface area contributed by atoms with E-state index in [0.29, 0.717) is 37.7 Å². The number of nitrogens with one attached hydrogen (secondary N) is 1. The van der Waals surface area contributed by atoms with Crippen molar-refractivity contribution < 1.29 is 9.53 Å². The average molecular weight is 520 g/mol. The maximum absolute atomic E-state index is 13.8. The second-order valence-electron chi connectivity index (χ2n) is 9.43. The number of amides is 1. The average Bonchev–Trinajstić information content (AvgIpc) is 3.50. The first-order valence-electron chi connectivity index (χ1n) is 13.0. The molecule has 8 nitrogen and oxygen atoms in total. The van der Waals surface area contributed by atoms with Gasteiger partial charge in [-0.2, -0.15) is 5.26 Å². The van der Waals surface area contributed by atoms with Gasteiger partial charge in [0.25, 0.3) is 11.5 Å². The van der Waals surface area contributed by atoms with E-state index in [-0.39, 0.29) is 22.8 Å². The highest BCUT2D eigenvalue weighted by molar-refractivity contribution is 6.02. The van der Waals surface area contributed by atoms with Gasteiger partial charge in [-0.25, -0.2) is 4.98 Å². The molecule has 0 saturated carbocycles. The van der Waals surface area contributed by atoms with Crippen molar-refractivity contribution in [2.75, 3.05) is 18.1 Å². The van der Waals surface area contributed by atoms with Crippen LogP contribution >= 0.6 is 0 Å². The van der Waals surface area contributed by atoms with Gasteiger partial charge in [0.05, 0.1) is 11.7 Å². The molecule has 1 saturated heterocycles. The molecule has 5 rings (SSSR count). The molecular weight excluding hydrogens is 490 g/mol. The van der Waals surface area contributed by atoms with E-state index in [9.17, 15) is 14.9 Å². The van der Waals surface area contributed by atoms with Crippen LogP contribution in [0.25, 0.3) is 11.7 Å². The van der Waals surface area contributed by atoms with E-state index in [1.807, 2.05) is 77.7 Å². The molecule has 4 aromatic rings. The highest BCUT2D eigenvalue weighted by atomic mass is 16.5. The van der Waals surface area contributed by atoms with Gasteiger partial charge in [0, 0.05) is 32.4 Å². The van der Waals surface area contributed by atoms with Gasteiger partial charge in [-0.15, -0.1) is 0 Å². The minimum Gasteiger partial charge on any atom is -0.376 e. The van der Waals surface area contributed by atoms with Crippen molar-refractivity contribution in [1.82, 2.24) is 14.7 Å². The van der Waals surface area contributed by atoms with Gasteiger partial charge in [0.1, 0.15) is 23.1 Å². The lowest BCUT2D eigenvalue weighted by molar-refractivity contribution is -0.117. The number of nitriles is 1. The van der Waals surface area contributed by atoms with Gasteiger partial charge < -0.3 is 15.0 Å². The Morgan fingerprint density at radius 3 is 2.33 bits per heavy atom. The Balaban J connectivity index is 1.60. The molecule has 1 N–H and O–H groups in total. The number of carbonyl (C=O) groups is 1. The summed E-state index contributed by atoms with van der Waals surface area (Å²) in [7, 11) is 0. The second kappa shape index (κ2) is 12.2. The fourth-order valence-electron chi connectivity index (χ4n) is 4.67. The monoisotopic (exact) mass is 519 g/mol. The molecule has 196 valence electrons. The van der Waals surface area contributed by atoms with Crippen LogP contribution in [0.1, 0.15) is 29.5 Å². The third-order valence-corrected chi connectivity index (χ3v) is 6.65. The summed E-state index contributed by atoms with van der Waals surface area (Å²) in [6, 6.07) is 27.1. The molecule has 1 fully saturated rings. The first-order valence-corrected chi connectivity index (χ1v) is 13.0. The molecule has 8 heteroatoms. The SMILES string of the molecule is N#C/C(=C\c1c(N(Cc2ccccc2)Cc2ccccc2)nc2ccccn2c1=O)C(=O)NC[C@@H]1CCCO1. The lowest BCUT2D eigenvalue weighted by atomic mass is 10.1. The van der Waals surface area contributed by atoms with Gasteiger partial charge >= 0.3 is 0 Å². The van der Waals surface area contributed by atoms with E-state index in [4.69, 9.17) is 9.72 Å². The number of aromatic nitrogens is 2. The Kier molecular flexibility index (Phi) is 8.10. The number of carbonyl (C=O) groups excluding carboxylic acids is 1. The number of pyridine rings is 1. The first-order chi connectivity index (χ1) is 19.1. The van der Waals surface area contributed by atoms with Crippen LogP contribution in [-0.2, 0) is 22.6 Å². The van der Waals surface area contributed by atoms with Crippen molar-refractivity contribution in [2.24, 2.45) is 0 Å². The van der Waals surface area contributed by atoms with Crippen LogP contribution in [0.5, 0.6) is 0 Å². The van der Waals surface area contributed by atoms with Crippen LogP contribution in [0.3, 0.4) is 0 Å². The van der Waals surface area contributed by atoms with Crippen molar-refractivity contribution in [3.8, 4) is 6.07 Å². The maximum atomic E-state index is 13.8. The smallest absolute Gasteiger partial charge is 0.267 e. The fraction of sp³-hybridized carbons (Fsp3) is 0.226. The molecule has 3 heterocycles. The lowest BCUT2D eigenvalue weighted by Crippen LogP contribution is -2.33. The highest BCUT2D eigenvalue weighted by Gasteiger charge is 2.22. The zero-order valence-corrected chi connectivity index (χ0v) is 21.5. The molecule has 1 aliphatic heterocycles. The number of hydrogen-bond donors (Lipinski definition) is 1. The summed E-state index contributed by atoms with van der Waals surface area (Å²) in [6.07, 6.45) is 4.74. The number of benzene rings is 2. The minimum absolute atomic E-state index is 0.0651. The molecule has 1 atom stereocenters. The van der Waals surface area contributed by atoms with Crippen LogP contribution in [0.2, 0.25) is 0 Å². The predicted molar refractivity (Wildman–Crippen MR) is 150 cm³/mol. The van der Waals surface area contributed by atoms with E-state index < -0.39 is 5.91 Å². The van der Waals surface area contributed by atoms with Crippen LogP contribution in [0.4, 0.5) is 5.82 Å². The van der Waals surface area contributed by atoms with E-state index in [1.54, 1.807) is 18.3 Å². The van der Waals surface area contributed by atoms with Crippen molar-refractivity contribution in [3.05, 3.63) is 118 Å². The molecule has 0 unspecified atom stereocenters. The summed E-state index contributed by atoms with van der Waals surface area (Å²) in [4.78, 5) is 33.6. The molecule has 0 aliphatic carbocycles. The van der Waals surface area contributed by atoms with E-state index >= 15 is 0 Å². The first kappa shape index (κ1) is 25.9. The van der Waals surface area contributed by atoms with Crippen molar-refractivity contribution >= 4 is 23.4 Å². The minimum atomic E-state index is -0.547. The van der Waals surface area contributed by atoms with E-state index in [2.05, 4.69) is 5.32 Å². The lowest BCUT2D eigenvalue weighted by Gasteiger charge is -2.26. The van der Waals surface area contributed by atoms with Crippen LogP contribution in [0, 0.1) is 11.3 Å². The molecule has 0 bridgehead atoms. The summed E-state index contributed by atoms with van der Waals surface area (Å²) in [5.41, 5.74) is 2.20. The Labute approximate surface area is 226 Å². The zero-order valence-electron chi connectivity index (χ0n) is 21.5. The number of rotatable bonds is 9. The van der Waals surface area contributed by atoms with Crippen LogP contribution < -0.4 is 15.8 Å². The molecule has 0 radical (unpaired) electrons. The summed E-state index contributed by atoms with van der Waals surface area (Å²) < 4.78 is 7.01. The quantitative estimate of drug-likeness (QED) is 0.264. The zero-order chi connectivity index (χ0) is 27.0. The van der Waals surface area contributed by atoms with Gasteiger partial charge in [0.15, 0.2) is 0 Å². The number of nitrogens with zero attached hydrogens (tertiary/aromatic N) is 4. The van der Waals surface area contributed by atoms with Gasteiger partial charge in [-0.05, 0) is 42.2 Å². The van der Waals surface area contributed by atoms with Gasteiger partial charge in [0.2, 0.25) is 0 Å². The molecule has 1 amide bonds. The fourth-order valence-corrected chi connectivity index (χ4v) is 4.67. The number of hydrogen-bond acceptors (Lipinski definition) is 6. The predicted octanol–water partition coefficient (Wildman–Crippen LogP) is 4.10. The summed E-state index contributed by atoms with van der Waals surface area (Å²) in [5.74, 6) is -0.146. The third-order valence-electron chi connectivity index (χ3n) is 6.65. The molecule has 39 heavy (non-hydrogen) atoms. The highest BCUT2D eigenvalue weighted by Crippen LogP contribution is 2.24. The number of fused-ring (bicyclic) bond motifs is 1. The van der Waals surface area contributed by atoms with Crippen LogP contribution in [0.15, 0.2) is 95.4 Å². The Hall–Kier alpha value is -4.74. The normalized spacial score (nSPS) is 15.2. The molecular formula is C31H29N5O3. The third kappa shape index (κ3) is 6.22. The Bertz CT molecular complexity index is 1530. The number of ether oxygens (including phenoxy) is 1. The Morgan fingerprint density at radius 2 is 1.72 bits per heavy atom. The second-order valence-corrected chi connectivity index (χ2v) is 9.43. The summed E-state index contributed by atoms with van der Waals surface area (Å²) in [5, 5.41) is 12.7. The molecule has 2 aromatic carbocycles. The molecule has 2 aromatic heterocycles. The summed E-state index contributed by atoms with van der Waals surface area (Å²) >= 11 is 0. The van der Waals surface area contributed by atoms with Gasteiger partial charge in [-0.1, -0.05) is 66.7 Å². The molecule has 1 aliphatic rings. The van der Waals surface area contributed by atoms with Crippen molar-refractivity contribution in [2.45, 2.75) is 32.0 Å². The topological polar surface area (TPSA) is 99.7 Å². The van der Waals surface area contributed by atoms with Crippen molar-refractivity contribution in [1.29, 1.82) is 5.26 Å². The maximum Gasteiger partial charge on any atom is 0.267 e. The van der Waals surface area contributed by atoms with E-state index in [0.717, 1.165) is 24.0 Å². The summed E-state index contributed by atoms with van der Waals surface area (Å²) in [6.45, 7) is 1.93. The van der Waals surface area contributed by atoms with E-state index in [1.165, 1.54) is 10.5 Å². The Morgan fingerprint density at radius 1 is 1.05 bits per heavy atom. The van der Waals surface area contributed by atoms with Crippen molar-refractivity contribution in [3.63, 3.8) is 0 Å². The largest absolute Gasteiger partial charge is 0.376 e. The standard InChI is InChI=1S/C31H29N5O3/c32-19-25(30(37)33-20-26-14-9-17-39-26)18-27-29(34-28-15-7-8-16-36(28)31(27)38)35(21-23-10-3-1-4-11-23)22-24-12-5-2-6-13-24/h1-8,10-13,15-16,18,26H,9,14,17,20-22H2,(H,33,37)/b25-18+/t26-/m0/s1. The number of anilines is 1.